The van der Waals surface area contributed by atoms with Crippen molar-refractivity contribution in [2.45, 2.75) is 18.9 Å². The molecule has 0 saturated carbocycles. The second-order valence-corrected chi connectivity index (χ2v) is 4.31. The first-order chi connectivity index (χ1) is 7.72. The van der Waals surface area contributed by atoms with Crippen molar-refractivity contribution in [2.24, 2.45) is 0 Å². The smallest absolute Gasteiger partial charge is 0.122 e. The molecule has 0 N–H and O–H groups in total. The quantitative estimate of drug-likeness (QED) is 0.776. The predicted molar refractivity (Wildman–Crippen MR) is 62.3 cm³/mol. The Morgan fingerprint density at radius 2 is 2.31 bits per heavy atom. The van der Waals surface area contributed by atoms with E-state index in [-0.39, 0.29) is 6.04 Å². The van der Waals surface area contributed by atoms with Crippen molar-refractivity contribution in [3.8, 4) is 11.8 Å². The number of nitrogens with zero attached hydrogens (tertiary/aromatic N) is 2. The van der Waals surface area contributed by atoms with E-state index in [1.807, 2.05) is 20.2 Å². The highest BCUT2D eigenvalue weighted by molar-refractivity contribution is 5.41. The lowest BCUT2D eigenvalue weighted by atomic mass is 10.00. The van der Waals surface area contributed by atoms with Gasteiger partial charge in [0.2, 0.25) is 0 Å². The Hall–Kier alpha value is -1.53. The highest BCUT2D eigenvalue weighted by atomic mass is 16.5. The van der Waals surface area contributed by atoms with Gasteiger partial charge in [-0.15, -0.1) is 0 Å². The summed E-state index contributed by atoms with van der Waals surface area (Å²) in [6, 6.07) is 8.67. The molecule has 2 rings (SSSR count). The minimum absolute atomic E-state index is 0.177. The van der Waals surface area contributed by atoms with E-state index in [0.717, 1.165) is 18.8 Å². The Balaban J connectivity index is 2.29. The van der Waals surface area contributed by atoms with Crippen molar-refractivity contribution in [3.63, 3.8) is 0 Å². The van der Waals surface area contributed by atoms with Gasteiger partial charge in [-0.2, -0.15) is 5.26 Å². The summed E-state index contributed by atoms with van der Waals surface area (Å²) in [4.78, 5) is 2.08. The lowest BCUT2D eigenvalue weighted by Gasteiger charge is -2.22. The number of ether oxygens (including phenoxy) is 1. The molecule has 0 aliphatic carbocycles. The van der Waals surface area contributed by atoms with Gasteiger partial charge in [0, 0.05) is 12.5 Å². The number of nitriles is 1. The number of rotatable bonds is 3. The molecule has 1 unspecified atom stereocenters. The standard InChI is InChI=1S/C13H16N2O/c1-15(2)12(5-7-14)10-3-4-13-11(9-10)6-8-16-13/h3-4,9,12H,5-6,8H2,1-2H3. The molecule has 0 radical (unpaired) electrons. The van der Waals surface area contributed by atoms with Crippen LogP contribution in [-0.2, 0) is 6.42 Å². The number of hydrogen-bond donors (Lipinski definition) is 0. The largest absolute Gasteiger partial charge is 0.493 e. The molecule has 3 heteroatoms. The van der Waals surface area contributed by atoms with Gasteiger partial charge in [-0.3, -0.25) is 0 Å². The molecule has 1 aliphatic heterocycles. The summed E-state index contributed by atoms with van der Waals surface area (Å²) in [7, 11) is 4.01. The molecule has 1 aromatic carbocycles. The van der Waals surface area contributed by atoms with Gasteiger partial charge in [0.1, 0.15) is 5.75 Å². The van der Waals surface area contributed by atoms with Crippen LogP contribution in [0.1, 0.15) is 23.6 Å². The van der Waals surface area contributed by atoms with Crippen LogP contribution in [-0.4, -0.2) is 25.6 Å². The first-order valence-electron chi connectivity index (χ1n) is 5.51. The van der Waals surface area contributed by atoms with E-state index in [4.69, 9.17) is 10.00 Å². The van der Waals surface area contributed by atoms with Gasteiger partial charge in [0.25, 0.3) is 0 Å². The van der Waals surface area contributed by atoms with Crippen molar-refractivity contribution in [1.29, 1.82) is 5.26 Å². The van der Waals surface area contributed by atoms with E-state index in [1.165, 1.54) is 11.1 Å². The van der Waals surface area contributed by atoms with Crippen molar-refractivity contribution >= 4 is 0 Å². The summed E-state index contributed by atoms with van der Waals surface area (Å²) >= 11 is 0. The summed E-state index contributed by atoms with van der Waals surface area (Å²) in [5.41, 5.74) is 2.47. The Kier molecular flexibility index (Phi) is 3.12. The van der Waals surface area contributed by atoms with Crippen LogP contribution in [0, 0.1) is 11.3 Å². The molecule has 1 aliphatic rings. The Morgan fingerprint density at radius 3 is 3.00 bits per heavy atom. The van der Waals surface area contributed by atoms with Gasteiger partial charge in [-0.05, 0) is 31.3 Å². The van der Waals surface area contributed by atoms with Crippen LogP contribution in [0.15, 0.2) is 18.2 Å². The SMILES string of the molecule is CN(C)C(CC#N)c1ccc2c(c1)CCO2. The average Bonchev–Trinajstić information content (AvgIpc) is 2.72. The number of hydrogen-bond acceptors (Lipinski definition) is 3. The monoisotopic (exact) mass is 216 g/mol. The lowest BCUT2D eigenvalue weighted by molar-refractivity contribution is 0.303. The summed E-state index contributed by atoms with van der Waals surface area (Å²) in [6.45, 7) is 0.781. The third-order valence-electron chi connectivity index (χ3n) is 3.01. The van der Waals surface area contributed by atoms with Crippen LogP contribution >= 0.6 is 0 Å². The van der Waals surface area contributed by atoms with Crippen LogP contribution in [0.4, 0.5) is 0 Å². The van der Waals surface area contributed by atoms with Crippen LogP contribution in [0.2, 0.25) is 0 Å². The van der Waals surface area contributed by atoms with Crippen LogP contribution < -0.4 is 4.74 Å². The number of benzene rings is 1. The van der Waals surface area contributed by atoms with Gasteiger partial charge in [-0.25, -0.2) is 0 Å². The zero-order valence-electron chi connectivity index (χ0n) is 9.73. The molecular formula is C13H16N2O. The lowest BCUT2D eigenvalue weighted by Crippen LogP contribution is -2.19. The van der Waals surface area contributed by atoms with Gasteiger partial charge in [0.05, 0.1) is 19.1 Å². The molecule has 84 valence electrons. The minimum atomic E-state index is 0.177. The predicted octanol–water partition coefficient (Wildman–Crippen LogP) is 2.14. The molecule has 0 saturated heterocycles. The van der Waals surface area contributed by atoms with Gasteiger partial charge < -0.3 is 9.64 Å². The Bertz CT molecular complexity index is 420. The maximum absolute atomic E-state index is 8.84. The zero-order valence-corrected chi connectivity index (χ0v) is 9.73. The van der Waals surface area contributed by atoms with Crippen LogP contribution in [0.25, 0.3) is 0 Å². The second-order valence-electron chi connectivity index (χ2n) is 4.31. The van der Waals surface area contributed by atoms with E-state index in [2.05, 4.69) is 23.1 Å². The fraction of sp³-hybridized carbons (Fsp3) is 0.462. The third kappa shape index (κ3) is 2.02. The van der Waals surface area contributed by atoms with Crippen LogP contribution in [0.5, 0.6) is 5.75 Å². The third-order valence-corrected chi connectivity index (χ3v) is 3.01. The summed E-state index contributed by atoms with van der Waals surface area (Å²) in [5.74, 6) is 0.998. The van der Waals surface area contributed by atoms with Gasteiger partial charge in [0.15, 0.2) is 0 Å². The van der Waals surface area contributed by atoms with Crippen LogP contribution in [0.3, 0.4) is 0 Å². The maximum atomic E-state index is 8.84. The maximum Gasteiger partial charge on any atom is 0.122 e. The van der Waals surface area contributed by atoms with E-state index in [0.29, 0.717) is 6.42 Å². The topological polar surface area (TPSA) is 36.3 Å². The fourth-order valence-corrected chi connectivity index (χ4v) is 2.10. The van der Waals surface area contributed by atoms with Crippen molar-refractivity contribution in [3.05, 3.63) is 29.3 Å². The zero-order chi connectivity index (χ0) is 11.5. The molecule has 3 nitrogen and oxygen atoms in total. The second kappa shape index (κ2) is 4.54. The van der Waals surface area contributed by atoms with E-state index < -0.39 is 0 Å². The molecule has 0 aromatic heterocycles. The average molecular weight is 216 g/mol. The molecule has 1 aromatic rings. The molecule has 16 heavy (non-hydrogen) atoms. The van der Waals surface area contributed by atoms with Crippen molar-refractivity contribution < 1.29 is 4.74 Å². The molecule has 0 spiro atoms. The summed E-state index contributed by atoms with van der Waals surface area (Å²) < 4.78 is 5.48. The summed E-state index contributed by atoms with van der Waals surface area (Å²) in [5, 5.41) is 8.84. The Labute approximate surface area is 96.2 Å². The molecule has 1 heterocycles. The fourth-order valence-electron chi connectivity index (χ4n) is 2.10. The normalized spacial score (nSPS) is 15.4. The molecule has 0 amide bonds. The van der Waals surface area contributed by atoms with Gasteiger partial charge >= 0.3 is 0 Å². The molecule has 1 atom stereocenters. The Morgan fingerprint density at radius 1 is 1.50 bits per heavy atom. The minimum Gasteiger partial charge on any atom is -0.493 e. The number of fused-ring (bicyclic) bond motifs is 1. The summed E-state index contributed by atoms with van der Waals surface area (Å²) in [6.07, 6.45) is 1.50. The highest BCUT2D eigenvalue weighted by Crippen LogP contribution is 2.30. The van der Waals surface area contributed by atoms with Gasteiger partial charge in [-0.1, -0.05) is 12.1 Å². The first kappa shape index (κ1) is 11.0. The van der Waals surface area contributed by atoms with Crippen molar-refractivity contribution in [2.75, 3.05) is 20.7 Å². The molecule has 0 bridgehead atoms. The highest BCUT2D eigenvalue weighted by Gasteiger charge is 2.18. The first-order valence-corrected chi connectivity index (χ1v) is 5.51. The molecular weight excluding hydrogens is 200 g/mol. The van der Waals surface area contributed by atoms with Crippen molar-refractivity contribution in [1.82, 2.24) is 4.90 Å². The molecule has 0 fully saturated rings. The van der Waals surface area contributed by atoms with E-state index in [9.17, 15) is 0 Å². The van der Waals surface area contributed by atoms with E-state index in [1.54, 1.807) is 0 Å². The van der Waals surface area contributed by atoms with E-state index >= 15 is 0 Å².